The van der Waals surface area contributed by atoms with Crippen LogP contribution in [0.3, 0.4) is 0 Å². The molecule has 4 rings (SSSR count). The van der Waals surface area contributed by atoms with Crippen LogP contribution in [0.2, 0.25) is 0 Å². The summed E-state index contributed by atoms with van der Waals surface area (Å²) < 4.78 is 0. The van der Waals surface area contributed by atoms with Gasteiger partial charge >= 0.3 is 0 Å². The van der Waals surface area contributed by atoms with E-state index in [0.29, 0.717) is 24.2 Å². The topological polar surface area (TPSA) is 40.6 Å². The molecule has 0 saturated heterocycles. The molecule has 0 N–H and O–H groups in total. The number of hydrogen-bond donors (Lipinski definition) is 0. The van der Waals surface area contributed by atoms with Crippen molar-refractivity contribution in [3.63, 3.8) is 0 Å². The zero-order valence-corrected chi connectivity index (χ0v) is 29.0. The van der Waals surface area contributed by atoms with Gasteiger partial charge in [0.2, 0.25) is 0 Å². The average Bonchev–Trinajstić information content (AvgIpc) is 3.75. The van der Waals surface area contributed by atoms with Crippen molar-refractivity contribution < 1.29 is 9.59 Å². The lowest BCUT2D eigenvalue weighted by Gasteiger charge is -2.33. The van der Waals surface area contributed by atoms with Gasteiger partial charge in [-0.15, -0.1) is 22.7 Å². The summed E-state index contributed by atoms with van der Waals surface area (Å²) in [5, 5.41) is 0. The lowest BCUT2D eigenvalue weighted by molar-refractivity contribution is -0.124. The highest BCUT2D eigenvalue weighted by Crippen LogP contribution is 2.51. The van der Waals surface area contributed by atoms with Crippen molar-refractivity contribution in [2.24, 2.45) is 5.41 Å². The van der Waals surface area contributed by atoms with Crippen molar-refractivity contribution in [1.82, 2.24) is 9.80 Å². The molecule has 2 aromatic rings. The van der Waals surface area contributed by atoms with Crippen LogP contribution in [0, 0.1) is 5.41 Å². The molecule has 2 aliphatic rings. The van der Waals surface area contributed by atoms with Crippen LogP contribution in [-0.4, -0.2) is 34.7 Å². The molecule has 4 nitrogen and oxygen atoms in total. The standard InChI is InChI=1S/C36H52N2O2S2/c1-9-13-15-17-23-37-31(27-20-19-25(41-27)26-21-22-28(42-26)35(5,6)11-3)29-30(34(37)40)32(36(7,8)12-4)38(33(29)39)24-18-16-14-10-2/h19-22H,9-18,23-24H2,1-8H3. The molecular formula is C36H52N2O2S2. The molecular weight excluding hydrogens is 557 g/mol. The maximum Gasteiger partial charge on any atom is 0.261 e. The summed E-state index contributed by atoms with van der Waals surface area (Å²) in [5.41, 5.74) is 3.00. The predicted molar refractivity (Wildman–Crippen MR) is 181 cm³/mol. The Morgan fingerprint density at radius 3 is 1.71 bits per heavy atom. The van der Waals surface area contributed by atoms with E-state index in [9.17, 15) is 9.59 Å². The van der Waals surface area contributed by atoms with Crippen molar-refractivity contribution in [1.29, 1.82) is 0 Å². The van der Waals surface area contributed by atoms with E-state index in [1.54, 1.807) is 11.3 Å². The predicted octanol–water partition coefficient (Wildman–Crippen LogP) is 10.4. The third kappa shape index (κ3) is 6.36. The number of hydrogen-bond acceptors (Lipinski definition) is 4. The number of amides is 2. The van der Waals surface area contributed by atoms with E-state index < -0.39 is 0 Å². The second-order valence-electron chi connectivity index (χ2n) is 13.3. The first kappa shape index (κ1) is 32.7. The zero-order chi connectivity index (χ0) is 30.7. The van der Waals surface area contributed by atoms with Crippen molar-refractivity contribution in [2.45, 2.75) is 125 Å². The molecule has 0 bridgehead atoms. The summed E-state index contributed by atoms with van der Waals surface area (Å²) >= 11 is 3.58. The molecule has 6 heteroatoms. The van der Waals surface area contributed by atoms with E-state index >= 15 is 0 Å². The maximum atomic E-state index is 14.4. The first-order valence-electron chi connectivity index (χ1n) is 16.4. The molecule has 0 aromatic carbocycles. The summed E-state index contributed by atoms with van der Waals surface area (Å²) in [6.45, 7) is 19.2. The fourth-order valence-electron chi connectivity index (χ4n) is 5.95. The molecule has 0 aliphatic carbocycles. The van der Waals surface area contributed by atoms with E-state index in [1.165, 1.54) is 21.1 Å². The second kappa shape index (κ2) is 13.6. The Hall–Kier alpha value is -2.18. The Morgan fingerprint density at radius 1 is 0.595 bits per heavy atom. The van der Waals surface area contributed by atoms with Gasteiger partial charge in [0.15, 0.2) is 0 Å². The van der Waals surface area contributed by atoms with Crippen LogP contribution in [-0.2, 0) is 15.0 Å². The van der Waals surface area contributed by atoms with E-state index in [-0.39, 0.29) is 22.6 Å². The molecule has 2 amide bonds. The minimum Gasteiger partial charge on any atom is -0.311 e. The van der Waals surface area contributed by atoms with Crippen LogP contribution in [0.1, 0.15) is 129 Å². The van der Waals surface area contributed by atoms with Crippen LogP contribution in [0.5, 0.6) is 0 Å². The smallest absolute Gasteiger partial charge is 0.261 e. The molecule has 2 aromatic heterocycles. The van der Waals surface area contributed by atoms with E-state index in [2.05, 4.69) is 79.7 Å². The van der Waals surface area contributed by atoms with Gasteiger partial charge in [-0.3, -0.25) is 9.59 Å². The third-order valence-electron chi connectivity index (χ3n) is 9.42. The summed E-state index contributed by atoms with van der Waals surface area (Å²) in [5.74, 6) is 0.0472. The lowest BCUT2D eigenvalue weighted by Crippen LogP contribution is -2.36. The fraction of sp³-hybridized carbons (Fsp3) is 0.611. The number of rotatable bonds is 16. The van der Waals surface area contributed by atoms with E-state index in [1.807, 2.05) is 21.1 Å². The van der Waals surface area contributed by atoms with Gasteiger partial charge in [-0.2, -0.15) is 0 Å². The highest BCUT2D eigenvalue weighted by molar-refractivity contribution is 7.22. The Balaban J connectivity index is 1.80. The minimum absolute atomic E-state index is 0.0236. The Labute approximate surface area is 262 Å². The van der Waals surface area contributed by atoms with Crippen LogP contribution >= 0.6 is 22.7 Å². The van der Waals surface area contributed by atoms with Gasteiger partial charge in [0.05, 0.1) is 21.7 Å². The molecule has 0 saturated carbocycles. The average molecular weight is 609 g/mol. The number of allylic oxidation sites excluding steroid dienone is 1. The van der Waals surface area contributed by atoms with Crippen LogP contribution in [0.15, 0.2) is 41.1 Å². The highest BCUT2D eigenvalue weighted by Gasteiger charge is 2.51. The SMILES string of the molecule is CCCCCCN1C(=O)C2=C(C(C)(C)CC)N(CCCCCC)C(=O)C2=C1c1ccc(-c2ccc(C(C)(C)CC)s2)s1. The molecule has 0 fully saturated rings. The molecule has 0 radical (unpaired) electrons. The van der Waals surface area contributed by atoms with Gasteiger partial charge in [0.25, 0.3) is 11.8 Å². The Kier molecular flexibility index (Phi) is 10.6. The summed E-state index contributed by atoms with van der Waals surface area (Å²) in [4.78, 5) is 37.5. The van der Waals surface area contributed by atoms with Crippen molar-refractivity contribution in [3.05, 3.63) is 50.9 Å². The van der Waals surface area contributed by atoms with Gasteiger partial charge in [-0.05, 0) is 55.4 Å². The quantitative estimate of drug-likeness (QED) is 0.178. The molecule has 230 valence electrons. The normalized spacial score (nSPS) is 16.1. The number of carbonyl (C=O) groups excluding carboxylic acids is 2. The summed E-state index contributed by atoms with van der Waals surface area (Å²) in [7, 11) is 0. The van der Waals surface area contributed by atoms with Gasteiger partial charge in [0.1, 0.15) is 0 Å². The van der Waals surface area contributed by atoms with Crippen LogP contribution in [0.4, 0.5) is 0 Å². The van der Waals surface area contributed by atoms with Crippen LogP contribution < -0.4 is 0 Å². The van der Waals surface area contributed by atoms with Gasteiger partial charge in [0, 0.05) is 38.8 Å². The van der Waals surface area contributed by atoms with Gasteiger partial charge in [-0.1, -0.05) is 93.9 Å². The van der Waals surface area contributed by atoms with Crippen molar-refractivity contribution in [2.75, 3.05) is 13.1 Å². The Morgan fingerprint density at radius 2 is 1.12 bits per heavy atom. The number of unbranched alkanes of at least 4 members (excludes halogenated alkanes) is 6. The third-order valence-corrected chi connectivity index (χ3v) is 12.2. The monoisotopic (exact) mass is 608 g/mol. The fourth-order valence-corrected chi connectivity index (χ4v) is 8.28. The molecule has 2 aliphatic heterocycles. The molecule has 42 heavy (non-hydrogen) atoms. The number of carbonyl (C=O) groups is 2. The van der Waals surface area contributed by atoms with E-state index in [0.717, 1.165) is 74.1 Å². The molecule has 4 heterocycles. The minimum atomic E-state index is -0.267. The van der Waals surface area contributed by atoms with Crippen LogP contribution in [0.25, 0.3) is 15.5 Å². The molecule has 0 atom stereocenters. The van der Waals surface area contributed by atoms with Crippen molar-refractivity contribution in [3.8, 4) is 9.75 Å². The Bertz CT molecular complexity index is 1340. The maximum absolute atomic E-state index is 14.4. The zero-order valence-electron chi connectivity index (χ0n) is 27.3. The largest absolute Gasteiger partial charge is 0.311 e. The molecule has 0 spiro atoms. The number of nitrogens with zero attached hydrogens (tertiary/aromatic N) is 2. The van der Waals surface area contributed by atoms with Gasteiger partial charge in [-0.25, -0.2) is 0 Å². The van der Waals surface area contributed by atoms with Crippen molar-refractivity contribution >= 4 is 40.2 Å². The first-order chi connectivity index (χ1) is 20.0. The highest BCUT2D eigenvalue weighted by atomic mass is 32.1. The van der Waals surface area contributed by atoms with Gasteiger partial charge < -0.3 is 9.80 Å². The molecule has 0 unspecified atom stereocenters. The first-order valence-corrected chi connectivity index (χ1v) is 18.0. The number of thiophene rings is 2. The summed E-state index contributed by atoms with van der Waals surface area (Å²) in [6.07, 6.45) is 10.7. The summed E-state index contributed by atoms with van der Waals surface area (Å²) in [6, 6.07) is 8.83. The van der Waals surface area contributed by atoms with E-state index in [4.69, 9.17) is 0 Å². The second-order valence-corrected chi connectivity index (χ2v) is 15.5. The lowest BCUT2D eigenvalue weighted by atomic mass is 9.83. The number of fused-ring (bicyclic) bond motifs is 1.